The zero-order valence-electron chi connectivity index (χ0n) is 23.6. The standard InChI is InChI=1S/C24H29N7O2/c1-15-19-14-27-24(28-20-8-7-18(13-26-20)30-11-9-25-10-12-30)29-22(19)31(17-5-3-4-6-17)23(33)21(15)16(2)32/h7-8,13-14,17,25H,3-6,9-12H2,1-2H3,(H,26,27,28,29)/i5D2,6D2,17D. The maximum atomic E-state index is 13.7. The lowest BCUT2D eigenvalue weighted by Crippen LogP contribution is -2.43. The van der Waals surface area contributed by atoms with Crippen LogP contribution in [0.5, 0.6) is 0 Å². The minimum Gasteiger partial charge on any atom is -0.368 e. The molecule has 4 heterocycles. The van der Waals surface area contributed by atoms with Gasteiger partial charge in [0, 0.05) is 49.3 Å². The molecule has 1 aliphatic heterocycles. The maximum absolute atomic E-state index is 13.7. The van der Waals surface area contributed by atoms with E-state index in [-0.39, 0.29) is 35.4 Å². The molecule has 172 valence electrons. The van der Waals surface area contributed by atoms with E-state index in [0.717, 1.165) is 31.9 Å². The summed E-state index contributed by atoms with van der Waals surface area (Å²) in [6.45, 7) is 6.30. The highest BCUT2D eigenvalue weighted by atomic mass is 16.1. The number of nitrogens with zero attached hydrogens (tertiary/aromatic N) is 5. The van der Waals surface area contributed by atoms with Crippen molar-refractivity contribution in [2.24, 2.45) is 0 Å². The number of carbonyl (C=O) groups is 1. The van der Waals surface area contributed by atoms with Crippen molar-refractivity contribution >= 4 is 34.3 Å². The first-order chi connectivity index (χ1) is 17.9. The lowest BCUT2D eigenvalue weighted by atomic mass is 10.0. The molecule has 5 rings (SSSR count). The molecular formula is C24H29N7O2. The number of fused-ring (bicyclic) bond motifs is 1. The van der Waals surface area contributed by atoms with Crippen LogP contribution in [0.3, 0.4) is 0 Å². The number of pyridine rings is 2. The van der Waals surface area contributed by atoms with Gasteiger partial charge in [-0.2, -0.15) is 4.98 Å². The van der Waals surface area contributed by atoms with Gasteiger partial charge in [0.05, 0.1) is 18.8 Å². The number of hydrogen-bond donors (Lipinski definition) is 2. The summed E-state index contributed by atoms with van der Waals surface area (Å²) < 4.78 is 43.8. The molecule has 9 nitrogen and oxygen atoms in total. The number of aromatic nitrogens is 4. The van der Waals surface area contributed by atoms with Crippen molar-refractivity contribution < 1.29 is 11.6 Å². The van der Waals surface area contributed by atoms with E-state index < -0.39 is 30.1 Å². The molecule has 9 heteroatoms. The Labute approximate surface area is 199 Å². The first-order valence-corrected chi connectivity index (χ1v) is 11.0. The molecule has 1 aliphatic carbocycles. The van der Waals surface area contributed by atoms with Gasteiger partial charge in [-0.3, -0.25) is 14.2 Å². The second kappa shape index (κ2) is 8.90. The van der Waals surface area contributed by atoms with Gasteiger partial charge in [-0.25, -0.2) is 9.97 Å². The van der Waals surface area contributed by atoms with Gasteiger partial charge >= 0.3 is 0 Å². The monoisotopic (exact) mass is 452 g/mol. The number of piperazine rings is 1. The summed E-state index contributed by atoms with van der Waals surface area (Å²) in [5.41, 5.74) is -0.0504. The minimum atomic E-state index is -2.66. The average molecular weight is 453 g/mol. The largest absolute Gasteiger partial charge is 0.368 e. The normalized spacial score (nSPS) is 23.2. The van der Waals surface area contributed by atoms with Crippen molar-refractivity contribution in [1.29, 1.82) is 0 Å². The molecule has 0 atom stereocenters. The highest BCUT2D eigenvalue weighted by Gasteiger charge is 2.25. The van der Waals surface area contributed by atoms with Crippen LogP contribution < -0.4 is 21.1 Å². The summed E-state index contributed by atoms with van der Waals surface area (Å²) in [7, 11) is 0. The van der Waals surface area contributed by atoms with Gasteiger partial charge in [0.15, 0.2) is 5.78 Å². The molecule has 0 radical (unpaired) electrons. The molecule has 1 saturated heterocycles. The third kappa shape index (κ3) is 4.08. The van der Waals surface area contributed by atoms with E-state index in [1.807, 2.05) is 6.07 Å². The predicted molar refractivity (Wildman–Crippen MR) is 129 cm³/mol. The summed E-state index contributed by atoms with van der Waals surface area (Å²) >= 11 is 0. The van der Waals surface area contributed by atoms with Crippen LogP contribution in [0.4, 0.5) is 17.5 Å². The molecule has 0 bridgehead atoms. The van der Waals surface area contributed by atoms with Crippen LogP contribution in [0.25, 0.3) is 11.0 Å². The van der Waals surface area contributed by atoms with Crippen molar-refractivity contribution in [3.63, 3.8) is 0 Å². The van der Waals surface area contributed by atoms with Gasteiger partial charge in [-0.15, -0.1) is 0 Å². The summed E-state index contributed by atoms with van der Waals surface area (Å²) in [5.74, 6) is -0.103. The van der Waals surface area contributed by atoms with Gasteiger partial charge in [-0.05, 0) is 44.3 Å². The Hall–Kier alpha value is -3.33. The molecule has 3 aromatic heterocycles. The van der Waals surface area contributed by atoms with Crippen LogP contribution in [0.1, 0.15) is 61.3 Å². The van der Waals surface area contributed by atoms with E-state index in [1.54, 1.807) is 19.2 Å². The smallest absolute Gasteiger partial charge is 0.263 e. The Morgan fingerprint density at radius 1 is 1.21 bits per heavy atom. The van der Waals surface area contributed by atoms with E-state index in [0.29, 0.717) is 15.9 Å². The number of aryl methyl sites for hydroxylation is 1. The molecule has 0 spiro atoms. The molecule has 2 fully saturated rings. The van der Waals surface area contributed by atoms with Gasteiger partial charge in [0.1, 0.15) is 11.5 Å². The van der Waals surface area contributed by atoms with Gasteiger partial charge in [-0.1, -0.05) is 12.8 Å². The number of ketones is 1. The van der Waals surface area contributed by atoms with Crippen molar-refractivity contribution in [1.82, 2.24) is 24.8 Å². The number of Topliss-reactive ketones (excluding diaryl/α,β-unsaturated/α-hetero) is 1. The minimum absolute atomic E-state index is 0.0331. The lowest BCUT2D eigenvalue weighted by Gasteiger charge is -2.29. The van der Waals surface area contributed by atoms with Crippen LogP contribution in [0, 0.1) is 6.92 Å². The van der Waals surface area contributed by atoms with Crippen LogP contribution >= 0.6 is 0 Å². The second-order valence-corrected chi connectivity index (χ2v) is 8.09. The summed E-state index contributed by atoms with van der Waals surface area (Å²) in [4.78, 5) is 41.5. The molecular weight excluding hydrogens is 418 g/mol. The van der Waals surface area contributed by atoms with Crippen molar-refractivity contribution in [3.05, 3.63) is 46.0 Å². The van der Waals surface area contributed by atoms with E-state index in [9.17, 15) is 9.59 Å². The van der Waals surface area contributed by atoms with Gasteiger partial charge in [0.25, 0.3) is 5.56 Å². The number of nitrogens with one attached hydrogen (secondary N) is 2. The Morgan fingerprint density at radius 3 is 2.64 bits per heavy atom. The molecule has 2 N–H and O–H groups in total. The highest BCUT2D eigenvalue weighted by molar-refractivity contribution is 5.99. The molecule has 3 aromatic rings. The number of rotatable bonds is 5. The first-order valence-electron chi connectivity index (χ1n) is 13.5. The van der Waals surface area contributed by atoms with Gasteiger partial charge in [0.2, 0.25) is 5.95 Å². The Bertz CT molecular complexity index is 1450. The van der Waals surface area contributed by atoms with E-state index in [2.05, 4.69) is 30.5 Å². The quantitative estimate of drug-likeness (QED) is 0.570. The van der Waals surface area contributed by atoms with E-state index >= 15 is 0 Å². The fourth-order valence-electron chi connectivity index (χ4n) is 4.26. The molecule has 33 heavy (non-hydrogen) atoms. The highest BCUT2D eigenvalue weighted by Crippen LogP contribution is 2.32. The summed E-state index contributed by atoms with van der Waals surface area (Å²) in [5, 5.41) is 6.54. The third-order valence-electron chi connectivity index (χ3n) is 5.93. The van der Waals surface area contributed by atoms with E-state index in [1.165, 1.54) is 13.1 Å². The number of carbonyl (C=O) groups excluding carboxylic acids is 1. The fraction of sp³-hybridized carbons (Fsp3) is 0.458. The zero-order valence-corrected chi connectivity index (χ0v) is 18.6. The van der Waals surface area contributed by atoms with E-state index in [4.69, 9.17) is 6.85 Å². The number of hydrogen-bond acceptors (Lipinski definition) is 8. The molecule has 0 aromatic carbocycles. The molecule has 2 aliphatic rings. The van der Waals surface area contributed by atoms with Gasteiger partial charge < -0.3 is 15.5 Å². The average Bonchev–Trinajstić information content (AvgIpc) is 3.04. The van der Waals surface area contributed by atoms with Crippen LogP contribution in [0.2, 0.25) is 0 Å². The Kier molecular flexibility index (Phi) is 4.40. The lowest BCUT2D eigenvalue weighted by molar-refractivity contribution is 0.101. The topological polar surface area (TPSA) is 105 Å². The Morgan fingerprint density at radius 2 is 1.97 bits per heavy atom. The molecule has 1 saturated carbocycles. The molecule has 0 unspecified atom stereocenters. The van der Waals surface area contributed by atoms with Crippen LogP contribution in [0.15, 0.2) is 29.3 Å². The van der Waals surface area contributed by atoms with Crippen LogP contribution in [-0.4, -0.2) is 51.5 Å². The van der Waals surface area contributed by atoms with Crippen molar-refractivity contribution in [2.45, 2.75) is 45.5 Å². The Balaban J connectivity index is 1.63. The second-order valence-electron chi connectivity index (χ2n) is 8.09. The van der Waals surface area contributed by atoms with Crippen molar-refractivity contribution in [2.75, 3.05) is 36.4 Å². The first kappa shape index (κ1) is 16.3. The number of anilines is 3. The summed E-state index contributed by atoms with van der Waals surface area (Å²) in [6, 6.07) is 1.02. The summed E-state index contributed by atoms with van der Waals surface area (Å²) in [6.07, 6.45) is -2.22. The van der Waals surface area contributed by atoms with Crippen LogP contribution in [-0.2, 0) is 0 Å². The fourth-order valence-corrected chi connectivity index (χ4v) is 4.26. The van der Waals surface area contributed by atoms with Crippen molar-refractivity contribution in [3.8, 4) is 0 Å². The third-order valence-corrected chi connectivity index (χ3v) is 5.93. The SMILES string of the molecule is [2H]C1([2H])CCC([2H])([2H])C1([2H])n1c(=O)c(C(C)=O)c(C)c2cnc(Nc3ccc(N4CCNCC4)cn3)nc21. The zero-order chi connectivity index (χ0) is 27.5. The predicted octanol–water partition coefficient (Wildman–Crippen LogP) is 2.97. The maximum Gasteiger partial charge on any atom is 0.263 e. The molecule has 0 amide bonds.